The highest BCUT2D eigenvalue weighted by molar-refractivity contribution is 7.09. The Morgan fingerprint density at radius 2 is 2.00 bits per heavy atom. The van der Waals surface area contributed by atoms with Crippen LogP contribution < -0.4 is 4.90 Å². The SMILES string of the molecule is CC(C)N(Cc1cccs1)c1nc(F)c(F)cc1F. The van der Waals surface area contributed by atoms with Crippen LogP contribution in [0.15, 0.2) is 23.6 Å². The van der Waals surface area contributed by atoms with E-state index in [2.05, 4.69) is 4.98 Å². The molecular weight excluding hydrogens is 273 g/mol. The first-order chi connectivity index (χ1) is 8.99. The lowest BCUT2D eigenvalue weighted by Crippen LogP contribution is -2.31. The topological polar surface area (TPSA) is 16.1 Å². The molecule has 0 saturated heterocycles. The first-order valence-corrected chi connectivity index (χ1v) is 6.67. The van der Waals surface area contributed by atoms with Crippen LogP contribution in [0.1, 0.15) is 18.7 Å². The zero-order chi connectivity index (χ0) is 14.0. The molecule has 0 amide bonds. The smallest absolute Gasteiger partial charge is 0.251 e. The average Bonchev–Trinajstić information content (AvgIpc) is 2.84. The predicted molar refractivity (Wildman–Crippen MR) is 69.7 cm³/mol. The molecule has 0 radical (unpaired) electrons. The molecule has 0 aromatic carbocycles. The molecule has 2 heterocycles. The van der Waals surface area contributed by atoms with Gasteiger partial charge in [-0.05, 0) is 25.3 Å². The number of anilines is 1. The Kier molecular flexibility index (Phi) is 4.09. The van der Waals surface area contributed by atoms with E-state index in [1.165, 1.54) is 11.3 Å². The maximum Gasteiger partial charge on any atom is 0.251 e. The summed E-state index contributed by atoms with van der Waals surface area (Å²) in [5.41, 5.74) is 0. The van der Waals surface area contributed by atoms with Crippen LogP contribution in [-0.4, -0.2) is 11.0 Å². The van der Waals surface area contributed by atoms with Crippen molar-refractivity contribution in [1.82, 2.24) is 4.98 Å². The van der Waals surface area contributed by atoms with E-state index in [4.69, 9.17) is 0 Å². The average molecular weight is 286 g/mol. The van der Waals surface area contributed by atoms with E-state index >= 15 is 0 Å². The van der Waals surface area contributed by atoms with E-state index in [9.17, 15) is 13.2 Å². The van der Waals surface area contributed by atoms with Gasteiger partial charge in [0.1, 0.15) is 0 Å². The number of aromatic nitrogens is 1. The van der Waals surface area contributed by atoms with E-state index in [1.54, 1.807) is 4.90 Å². The van der Waals surface area contributed by atoms with Gasteiger partial charge < -0.3 is 4.90 Å². The van der Waals surface area contributed by atoms with Gasteiger partial charge in [-0.3, -0.25) is 0 Å². The first-order valence-electron chi connectivity index (χ1n) is 5.79. The molecule has 0 bridgehead atoms. The fourth-order valence-corrected chi connectivity index (χ4v) is 2.41. The van der Waals surface area contributed by atoms with Gasteiger partial charge in [-0.25, -0.2) is 8.78 Å². The van der Waals surface area contributed by atoms with Gasteiger partial charge in [-0.1, -0.05) is 6.07 Å². The lowest BCUT2D eigenvalue weighted by atomic mass is 10.2. The van der Waals surface area contributed by atoms with Crippen LogP contribution in [0.3, 0.4) is 0 Å². The maximum absolute atomic E-state index is 13.8. The van der Waals surface area contributed by atoms with Crippen molar-refractivity contribution in [2.75, 3.05) is 4.90 Å². The van der Waals surface area contributed by atoms with Crippen molar-refractivity contribution in [1.29, 1.82) is 0 Å². The van der Waals surface area contributed by atoms with Crippen molar-refractivity contribution in [3.63, 3.8) is 0 Å². The summed E-state index contributed by atoms with van der Waals surface area (Å²) in [5, 5.41) is 1.91. The molecule has 2 rings (SSSR count). The number of halogens is 3. The van der Waals surface area contributed by atoms with Crippen LogP contribution >= 0.6 is 11.3 Å². The highest BCUT2D eigenvalue weighted by Crippen LogP contribution is 2.24. The van der Waals surface area contributed by atoms with Gasteiger partial charge in [0.2, 0.25) is 0 Å². The molecule has 0 atom stereocenters. The monoisotopic (exact) mass is 286 g/mol. The predicted octanol–water partition coefficient (Wildman–Crippen LogP) is 3.98. The van der Waals surface area contributed by atoms with Gasteiger partial charge in [-0.2, -0.15) is 9.37 Å². The van der Waals surface area contributed by atoms with Crippen molar-refractivity contribution in [2.45, 2.75) is 26.4 Å². The second-order valence-corrected chi connectivity index (χ2v) is 5.40. The lowest BCUT2D eigenvalue weighted by molar-refractivity contribution is 0.460. The summed E-state index contributed by atoms with van der Waals surface area (Å²) in [5.74, 6) is -3.58. The molecule has 0 aliphatic carbocycles. The Labute approximate surface area is 113 Å². The summed E-state index contributed by atoms with van der Waals surface area (Å²) in [6, 6.07) is 4.22. The third kappa shape index (κ3) is 3.07. The zero-order valence-electron chi connectivity index (χ0n) is 10.5. The number of pyridine rings is 1. The minimum absolute atomic E-state index is 0.0889. The van der Waals surface area contributed by atoms with Crippen LogP contribution in [0.4, 0.5) is 19.0 Å². The van der Waals surface area contributed by atoms with Gasteiger partial charge in [0.15, 0.2) is 17.5 Å². The van der Waals surface area contributed by atoms with Crippen LogP contribution in [-0.2, 0) is 6.54 Å². The summed E-state index contributed by atoms with van der Waals surface area (Å²) in [7, 11) is 0. The minimum Gasteiger partial charge on any atom is -0.347 e. The second kappa shape index (κ2) is 5.61. The Balaban J connectivity index is 2.36. The number of hydrogen-bond acceptors (Lipinski definition) is 3. The number of nitrogens with zero attached hydrogens (tertiary/aromatic N) is 2. The summed E-state index contributed by atoms with van der Waals surface area (Å²) >= 11 is 1.52. The van der Waals surface area contributed by atoms with Gasteiger partial charge in [0.25, 0.3) is 5.95 Å². The van der Waals surface area contributed by atoms with Gasteiger partial charge in [-0.15, -0.1) is 11.3 Å². The molecule has 0 fully saturated rings. The summed E-state index contributed by atoms with van der Waals surface area (Å²) in [6.07, 6.45) is 0. The Hall–Kier alpha value is -1.56. The van der Waals surface area contributed by atoms with Gasteiger partial charge >= 0.3 is 0 Å². The quantitative estimate of drug-likeness (QED) is 0.790. The van der Waals surface area contributed by atoms with Crippen LogP contribution in [0.25, 0.3) is 0 Å². The standard InChI is InChI=1S/C13H13F3N2S/c1-8(2)18(7-9-4-3-5-19-9)13-11(15)6-10(14)12(16)17-13/h3-6,8H,7H2,1-2H3. The fourth-order valence-electron chi connectivity index (χ4n) is 1.71. The number of hydrogen-bond donors (Lipinski definition) is 0. The summed E-state index contributed by atoms with van der Waals surface area (Å²) in [4.78, 5) is 5.99. The second-order valence-electron chi connectivity index (χ2n) is 4.37. The molecule has 0 aliphatic rings. The number of thiophene rings is 1. The Morgan fingerprint density at radius 3 is 2.58 bits per heavy atom. The number of rotatable bonds is 4. The Bertz CT molecular complexity index is 555. The van der Waals surface area contributed by atoms with Crippen molar-refractivity contribution in [3.8, 4) is 0 Å². The largest absolute Gasteiger partial charge is 0.347 e. The summed E-state index contributed by atoms with van der Waals surface area (Å²) < 4.78 is 39.9. The van der Waals surface area contributed by atoms with Crippen LogP contribution in [0.5, 0.6) is 0 Å². The van der Waals surface area contributed by atoms with E-state index in [0.29, 0.717) is 12.6 Å². The highest BCUT2D eigenvalue weighted by atomic mass is 32.1. The fraction of sp³-hybridized carbons (Fsp3) is 0.308. The molecule has 2 aromatic rings. The van der Waals surface area contributed by atoms with E-state index in [0.717, 1.165) is 4.88 Å². The third-order valence-electron chi connectivity index (χ3n) is 2.67. The van der Waals surface area contributed by atoms with E-state index < -0.39 is 17.6 Å². The van der Waals surface area contributed by atoms with Crippen LogP contribution in [0.2, 0.25) is 0 Å². The highest BCUT2D eigenvalue weighted by Gasteiger charge is 2.20. The molecule has 6 heteroatoms. The molecule has 0 spiro atoms. The minimum atomic E-state index is -1.28. The molecule has 0 N–H and O–H groups in total. The molecule has 102 valence electrons. The molecule has 0 saturated carbocycles. The van der Waals surface area contributed by atoms with Crippen molar-refractivity contribution >= 4 is 17.2 Å². The molecule has 2 aromatic heterocycles. The normalized spacial score (nSPS) is 11.1. The van der Waals surface area contributed by atoms with Crippen LogP contribution in [0, 0.1) is 17.6 Å². The molecule has 0 aliphatic heterocycles. The molecule has 2 nitrogen and oxygen atoms in total. The zero-order valence-corrected chi connectivity index (χ0v) is 11.3. The van der Waals surface area contributed by atoms with E-state index in [1.807, 2.05) is 31.4 Å². The maximum atomic E-state index is 13.8. The lowest BCUT2D eigenvalue weighted by Gasteiger charge is -2.27. The third-order valence-corrected chi connectivity index (χ3v) is 3.53. The first kappa shape index (κ1) is 13.9. The van der Waals surface area contributed by atoms with E-state index in [-0.39, 0.29) is 11.9 Å². The molecule has 19 heavy (non-hydrogen) atoms. The van der Waals surface area contributed by atoms with Crippen molar-refractivity contribution < 1.29 is 13.2 Å². The van der Waals surface area contributed by atoms with Crippen molar-refractivity contribution in [2.24, 2.45) is 0 Å². The molecular formula is C13H13F3N2S. The van der Waals surface area contributed by atoms with Gasteiger partial charge in [0.05, 0.1) is 6.54 Å². The molecule has 0 unspecified atom stereocenters. The van der Waals surface area contributed by atoms with Crippen molar-refractivity contribution in [3.05, 3.63) is 46.0 Å². The Morgan fingerprint density at radius 1 is 1.26 bits per heavy atom. The summed E-state index contributed by atoms with van der Waals surface area (Å²) in [6.45, 7) is 4.09. The van der Waals surface area contributed by atoms with Gasteiger partial charge in [0, 0.05) is 17.0 Å².